The number of aromatic nitrogens is 1. The second-order valence-electron chi connectivity index (χ2n) is 8.61. The molecule has 1 aromatic heterocycles. The predicted molar refractivity (Wildman–Crippen MR) is 105 cm³/mol. The number of sulfonamides is 1. The lowest BCUT2D eigenvalue weighted by atomic mass is 9.99. The molecule has 7 nitrogen and oxygen atoms in total. The Balaban J connectivity index is 2.05. The normalized spacial score (nSPS) is 18.8. The van der Waals surface area contributed by atoms with Crippen molar-refractivity contribution in [2.75, 3.05) is 31.1 Å². The van der Waals surface area contributed by atoms with Gasteiger partial charge in [-0.2, -0.15) is 0 Å². The van der Waals surface area contributed by atoms with Gasteiger partial charge in [-0.3, -0.25) is 4.90 Å². The number of nitrogens with two attached hydrogens (primary N) is 1. The monoisotopic (exact) mass is 384 g/mol. The molecule has 1 unspecified atom stereocenters. The molecule has 26 heavy (non-hydrogen) atoms. The Morgan fingerprint density at radius 3 is 2.12 bits per heavy atom. The number of primary sulfonamides is 1. The van der Waals surface area contributed by atoms with Gasteiger partial charge in [0.2, 0.25) is 10.0 Å². The zero-order chi connectivity index (χ0) is 19.8. The van der Waals surface area contributed by atoms with Crippen LogP contribution in [0.25, 0.3) is 0 Å². The summed E-state index contributed by atoms with van der Waals surface area (Å²) in [4.78, 5) is 9.19. The first kappa shape index (κ1) is 21.1. The van der Waals surface area contributed by atoms with Crippen LogP contribution in [0.1, 0.15) is 40.2 Å². The molecule has 148 valence electrons. The lowest BCUT2D eigenvalue weighted by molar-refractivity contribution is 0.0747. The first-order valence-corrected chi connectivity index (χ1v) is 10.6. The van der Waals surface area contributed by atoms with E-state index in [2.05, 4.69) is 35.6 Å². The third-order valence-corrected chi connectivity index (χ3v) is 6.50. The van der Waals surface area contributed by atoms with E-state index in [0.29, 0.717) is 0 Å². The van der Waals surface area contributed by atoms with Crippen LogP contribution < -0.4 is 10.0 Å². The average Bonchev–Trinajstić information content (AvgIpc) is 2.50. The van der Waals surface area contributed by atoms with Crippen molar-refractivity contribution < 1.29 is 13.5 Å². The minimum Gasteiger partial charge on any atom is -0.389 e. The Hall–Kier alpha value is -1.22. The van der Waals surface area contributed by atoms with E-state index in [1.165, 1.54) is 13.8 Å². The van der Waals surface area contributed by atoms with Crippen molar-refractivity contribution in [2.24, 2.45) is 5.14 Å². The smallest absolute Gasteiger partial charge is 0.215 e. The Bertz CT molecular complexity index is 697. The van der Waals surface area contributed by atoms with Gasteiger partial charge in [0.15, 0.2) is 0 Å². The van der Waals surface area contributed by atoms with Gasteiger partial charge in [0.05, 0.1) is 5.60 Å². The van der Waals surface area contributed by atoms with Crippen LogP contribution >= 0.6 is 0 Å². The fraction of sp³-hybridized carbons (Fsp3) is 0.722. The summed E-state index contributed by atoms with van der Waals surface area (Å²) in [5.41, 5.74) is -0.512. The number of hydrogen-bond donors (Lipinski definition) is 2. The van der Waals surface area contributed by atoms with Crippen LogP contribution in [0.3, 0.4) is 0 Å². The van der Waals surface area contributed by atoms with E-state index in [9.17, 15) is 13.5 Å². The van der Waals surface area contributed by atoms with E-state index in [4.69, 9.17) is 5.14 Å². The highest BCUT2D eigenvalue weighted by Crippen LogP contribution is 2.22. The molecule has 1 aliphatic heterocycles. The molecule has 1 atom stereocenters. The van der Waals surface area contributed by atoms with E-state index >= 15 is 0 Å². The van der Waals surface area contributed by atoms with Gasteiger partial charge in [-0.05, 0) is 52.7 Å². The Morgan fingerprint density at radius 2 is 1.73 bits per heavy atom. The highest BCUT2D eigenvalue weighted by molar-refractivity contribution is 7.89. The highest BCUT2D eigenvalue weighted by atomic mass is 32.2. The quantitative estimate of drug-likeness (QED) is 0.785. The minimum atomic E-state index is -3.87. The largest absolute Gasteiger partial charge is 0.389 e. The maximum Gasteiger partial charge on any atom is 0.215 e. The molecule has 1 aromatic rings. The molecule has 1 aliphatic rings. The predicted octanol–water partition coefficient (Wildman–Crippen LogP) is 0.973. The summed E-state index contributed by atoms with van der Waals surface area (Å²) >= 11 is 0. The number of piperazine rings is 1. The second-order valence-corrected chi connectivity index (χ2v) is 10.4. The summed E-state index contributed by atoms with van der Waals surface area (Å²) in [6.45, 7) is 13.4. The fourth-order valence-electron chi connectivity index (χ4n) is 3.31. The van der Waals surface area contributed by atoms with Crippen LogP contribution in [0.2, 0.25) is 0 Å². The van der Waals surface area contributed by atoms with Crippen molar-refractivity contribution in [2.45, 2.75) is 57.4 Å². The van der Waals surface area contributed by atoms with Crippen LogP contribution in [0.15, 0.2) is 18.3 Å². The number of pyridine rings is 1. The van der Waals surface area contributed by atoms with Gasteiger partial charge in [0.25, 0.3) is 0 Å². The number of anilines is 1. The molecule has 1 saturated heterocycles. The van der Waals surface area contributed by atoms with Crippen molar-refractivity contribution in [1.82, 2.24) is 9.88 Å². The van der Waals surface area contributed by atoms with Crippen LogP contribution in [0, 0.1) is 0 Å². The zero-order valence-electron chi connectivity index (χ0n) is 16.4. The molecule has 0 spiro atoms. The average molecular weight is 385 g/mol. The van der Waals surface area contributed by atoms with Crippen LogP contribution in [0.4, 0.5) is 5.82 Å². The zero-order valence-corrected chi connectivity index (χ0v) is 17.3. The van der Waals surface area contributed by atoms with Crippen LogP contribution in [0.5, 0.6) is 0 Å². The summed E-state index contributed by atoms with van der Waals surface area (Å²) in [7, 11) is -3.87. The molecule has 1 fully saturated rings. The molecule has 0 aliphatic carbocycles. The molecule has 0 aromatic carbocycles. The van der Waals surface area contributed by atoms with Gasteiger partial charge in [-0.25, -0.2) is 18.5 Å². The fourth-order valence-corrected chi connectivity index (χ4v) is 4.54. The SMILES string of the molecule is CC(C)(O)C(Cc1ccc(N2CCN(C(C)(C)C)CC2)nc1)S(N)(=O)=O. The van der Waals surface area contributed by atoms with Gasteiger partial charge in [0, 0.05) is 37.9 Å². The summed E-state index contributed by atoms with van der Waals surface area (Å²) in [6.07, 6.45) is 1.81. The summed E-state index contributed by atoms with van der Waals surface area (Å²) in [5.74, 6) is 0.887. The topological polar surface area (TPSA) is 99.8 Å². The van der Waals surface area contributed by atoms with Gasteiger partial charge in [-0.1, -0.05) is 6.07 Å². The molecule has 0 amide bonds. The van der Waals surface area contributed by atoms with Crippen LogP contribution in [-0.4, -0.2) is 66.0 Å². The maximum atomic E-state index is 11.8. The molecule has 0 saturated carbocycles. The maximum absolute atomic E-state index is 11.8. The van der Waals surface area contributed by atoms with Crippen molar-refractivity contribution >= 4 is 15.8 Å². The standard InChI is InChI=1S/C18H32N4O3S/c1-17(2,3)22-10-8-21(9-11-22)16-7-6-14(13-20-16)12-15(18(4,5)23)26(19,24)25/h6-7,13,15,23H,8-12H2,1-5H3,(H2,19,24,25). The summed E-state index contributed by atoms with van der Waals surface area (Å²) in [5, 5.41) is 14.3. The summed E-state index contributed by atoms with van der Waals surface area (Å²) < 4.78 is 23.6. The highest BCUT2D eigenvalue weighted by Gasteiger charge is 2.36. The Labute approximate surface area is 157 Å². The number of rotatable bonds is 5. The molecular weight excluding hydrogens is 352 g/mol. The molecule has 0 bridgehead atoms. The lowest BCUT2D eigenvalue weighted by Crippen LogP contribution is -2.53. The molecule has 8 heteroatoms. The number of nitrogens with zero attached hydrogens (tertiary/aromatic N) is 3. The van der Waals surface area contributed by atoms with Gasteiger partial charge in [0.1, 0.15) is 11.1 Å². The van der Waals surface area contributed by atoms with Gasteiger partial charge >= 0.3 is 0 Å². The van der Waals surface area contributed by atoms with E-state index in [1.807, 2.05) is 12.1 Å². The number of hydrogen-bond acceptors (Lipinski definition) is 6. The Morgan fingerprint density at radius 1 is 1.15 bits per heavy atom. The minimum absolute atomic E-state index is 0.132. The molecule has 2 rings (SSSR count). The van der Waals surface area contributed by atoms with Crippen LogP contribution in [-0.2, 0) is 16.4 Å². The van der Waals surface area contributed by atoms with Gasteiger partial charge in [-0.15, -0.1) is 0 Å². The van der Waals surface area contributed by atoms with Crippen molar-refractivity contribution in [3.63, 3.8) is 0 Å². The second kappa shape index (κ2) is 7.42. The first-order chi connectivity index (χ1) is 11.8. The molecule has 3 N–H and O–H groups in total. The van der Waals surface area contributed by atoms with Crippen molar-refractivity contribution in [1.29, 1.82) is 0 Å². The third kappa shape index (κ3) is 5.39. The van der Waals surface area contributed by atoms with E-state index in [-0.39, 0.29) is 12.0 Å². The third-order valence-electron chi connectivity index (χ3n) is 4.97. The van der Waals surface area contributed by atoms with Crippen molar-refractivity contribution in [3.8, 4) is 0 Å². The van der Waals surface area contributed by atoms with E-state index < -0.39 is 20.9 Å². The molecular formula is C18H32N4O3S. The van der Waals surface area contributed by atoms with Crippen molar-refractivity contribution in [3.05, 3.63) is 23.9 Å². The Kier molecular flexibility index (Phi) is 6.02. The molecule has 0 radical (unpaired) electrons. The van der Waals surface area contributed by atoms with E-state index in [1.54, 1.807) is 6.20 Å². The summed E-state index contributed by atoms with van der Waals surface area (Å²) in [6, 6.07) is 3.77. The van der Waals surface area contributed by atoms with E-state index in [0.717, 1.165) is 37.6 Å². The lowest BCUT2D eigenvalue weighted by Gasteiger charge is -2.42. The van der Waals surface area contributed by atoms with Gasteiger partial charge < -0.3 is 10.0 Å². The molecule has 2 heterocycles. The first-order valence-electron chi connectivity index (χ1n) is 8.97. The number of aliphatic hydroxyl groups is 1.